The highest BCUT2D eigenvalue weighted by Crippen LogP contribution is 2.55. The monoisotopic (exact) mass is 770 g/mol. The zero-order chi connectivity index (χ0) is 38.2. The van der Waals surface area contributed by atoms with E-state index in [0.717, 1.165) is 11.3 Å². The fourth-order valence-electron chi connectivity index (χ4n) is 7.15. The first-order valence-corrected chi connectivity index (χ1v) is 28.6. The maximum Gasteiger partial charge on any atom is 0.335 e. The number of hydrogen-bond donors (Lipinski definition) is 2. The van der Waals surface area contributed by atoms with Crippen LogP contribution in [0, 0.1) is 0 Å². The summed E-state index contributed by atoms with van der Waals surface area (Å²) in [5.41, 5.74) is 1.83. The van der Waals surface area contributed by atoms with Crippen LogP contribution in [-0.2, 0) is 34.8 Å². The molecule has 1 aromatic carbocycles. The molecule has 3 aliphatic heterocycles. The van der Waals surface area contributed by atoms with Gasteiger partial charge in [-0.1, -0.05) is 96.9 Å². The molecule has 3 aliphatic rings. The Bertz CT molecular complexity index is 1350. The summed E-state index contributed by atoms with van der Waals surface area (Å²) in [6.07, 6.45) is -4.42. The van der Waals surface area contributed by atoms with Crippen molar-refractivity contribution in [1.82, 2.24) is 0 Å². The third kappa shape index (κ3) is 7.16. The molecular formula is C37H70O9Si4. The van der Waals surface area contributed by atoms with E-state index in [0.29, 0.717) is 11.3 Å². The van der Waals surface area contributed by atoms with Gasteiger partial charge in [-0.25, -0.2) is 0 Å². The van der Waals surface area contributed by atoms with Crippen molar-refractivity contribution < 1.29 is 41.5 Å². The molecule has 0 aromatic heterocycles. The number of benzene rings is 1. The molecule has 2 saturated heterocycles. The Morgan fingerprint density at radius 3 is 1.76 bits per heavy atom. The summed E-state index contributed by atoms with van der Waals surface area (Å²) < 4.78 is 49.0. The van der Waals surface area contributed by atoms with E-state index in [1.165, 1.54) is 0 Å². The molecule has 13 heteroatoms. The van der Waals surface area contributed by atoms with Crippen LogP contribution in [0.1, 0.15) is 108 Å². The van der Waals surface area contributed by atoms with Gasteiger partial charge in [0.15, 0.2) is 0 Å². The molecule has 9 nitrogen and oxygen atoms in total. The Kier molecular flexibility index (Phi) is 11.7. The van der Waals surface area contributed by atoms with E-state index in [1.54, 1.807) is 0 Å². The van der Waals surface area contributed by atoms with Crippen molar-refractivity contribution in [2.75, 3.05) is 6.61 Å². The van der Waals surface area contributed by atoms with Crippen LogP contribution < -0.4 is 8.85 Å². The Morgan fingerprint density at radius 2 is 1.28 bits per heavy atom. The van der Waals surface area contributed by atoms with E-state index >= 15 is 0 Å². The Labute approximate surface area is 307 Å². The van der Waals surface area contributed by atoms with E-state index < -0.39 is 64.0 Å². The van der Waals surface area contributed by atoms with Crippen LogP contribution in [0.4, 0.5) is 0 Å². The molecule has 0 amide bonds. The predicted molar refractivity (Wildman–Crippen MR) is 209 cm³/mol. The SMILES string of the molecule is CC(C)[Si]1(C(C)C)OC[C@H]2O[C@]3(OCc4cc(O[Si](C)(C)C(C)(C)C)cc(O[Si](C)(C)C(C)(C)C)c43)[C@H](O)[C@@H](O)[C@@H]2O[Si](C(C)C)(C(C)C)O1. The maximum atomic E-state index is 12.2. The fraction of sp³-hybridized carbons (Fsp3) is 0.838. The quantitative estimate of drug-likeness (QED) is 0.251. The fourth-order valence-corrected chi connectivity index (χ4v) is 20.4. The Morgan fingerprint density at radius 1 is 0.780 bits per heavy atom. The van der Waals surface area contributed by atoms with Gasteiger partial charge in [-0.2, -0.15) is 0 Å². The summed E-state index contributed by atoms with van der Waals surface area (Å²) in [6, 6.07) is 3.95. The molecule has 2 fully saturated rings. The first kappa shape index (κ1) is 42.2. The van der Waals surface area contributed by atoms with Crippen molar-refractivity contribution in [2.45, 2.75) is 192 Å². The summed E-state index contributed by atoms with van der Waals surface area (Å²) in [5, 5.41) is 24.3. The number of rotatable bonds is 8. The molecule has 2 N–H and O–H groups in total. The number of fused-ring (bicyclic) bond motifs is 3. The summed E-state index contributed by atoms with van der Waals surface area (Å²) in [4.78, 5) is 0. The molecule has 4 rings (SSSR count). The van der Waals surface area contributed by atoms with E-state index in [4.69, 9.17) is 31.3 Å². The first-order valence-electron chi connectivity index (χ1n) is 18.8. The van der Waals surface area contributed by atoms with Crippen LogP contribution in [0.2, 0.25) is 58.4 Å². The van der Waals surface area contributed by atoms with Crippen LogP contribution in [-0.4, -0.2) is 75.0 Å². The largest absolute Gasteiger partial charge is 0.543 e. The lowest BCUT2D eigenvalue weighted by Crippen LogP contribution is -2.71. The van der Waals surface area contributed by atoms with Gasteiger partial charge in [-0.3, -0.25) is 0 Å². The van der Waals surface area contributed by atoms with Gasteiger partial charge in [-0.15, -0.1) is 0 Å². The highest BCUT2D eigenvalue weighted by Gasteiger charge is 2.66. The Balaban J connectivity index is 1.90. The normalized spacial score (nSPS) is 29.0. The molecule has 0 radical (unpaired) electrons. The van der Waals surface area contributed by atoms with Crippen molar-refractivity contribution >= 4 is 33.8 Å². The zero-order valence-electron chi connectivity index (χ0n) is 34.4. The minimum absolute atomic E-state index is 0.0110. The lowest BCUT2D eigenvalue weighted by atomic mass is 9.87. The smallest absolute Gasteiger partial charge is 0.335 e. The number of ether oxygens (including phenoxy) is 2. The van der Waals surface area contributed by atoms with Gasteiger partial charge in [0.2, 0.25) is 22.4 Å². The highest BCUT2D eigenvalue weighted by molar-refractivity contribution is 6.84. The van der Waals surface area contributed by atoms with Crippen molar-refractivity contribution in [3.05, 3.63) is 23.3 Å². The molecule has 1 spiro atoms. The van der Waals surface area contributed by atoms with Crippen molar-refractivity contribution in [2.24, 2.45) is 0 Å². The van der Waals surface area contributed by atoms with Crippen LogP contribution >= 0.6 is 0 Å². The third-order valence-electron chi connectivity index (χ3n) is 12.4. The second-order valence-electron chi connectivity index (χ2n) is 19.3. The van der Waals surface area contributed by atoms with Gasteiger partial charge in [0.05, 0.1) is 18.8 Å². The summed E-state index contributed by atoms with van der Waals surface area (Å²) in [6.45, 7) is 39.7. The van der Waals surface area contributed by atoms with Gasteiger partial charge in [0, 0.05) is 6.07 Å². The lowest BCUT2D eigenvalue weighted by molar-refractivity contribution is -0.368. The molecule has 0 aliphatic carbocycles. The average molecular weight is 771 g/mol. The lowest BCUT2D eigenvalue weighted by Gasteiger charge is -2.56. The van der Waals surface area contributed by atoms with Crippen molar-refractivity contribution in [3.8, 4) is 11.5 Å². The number of aliphatic hydroxyl groups excluding tert-OH is 2. The molecule has 50 heavy (non-hydrogen) atoms. The minimum Gasteiger partial charge on any atom is -0.543 e. The highest BCUT2D eigenvalue weighted by atomic mass is 28.5. The Hall–Kier alpha value is -0.592. The molecule has 0 saturated carbocycles. The molecule has 3 heterocycles. The second kappa shape index (κ2) is 13.9. The third-order valence-corrected chi connectivity index (χ3v) is 31.3. The second-order valence-corrected chi connectivity index (χ2v) is 37.6. The van der Waals surface area contributed by atoms with E-state index in [2.05, 4.69) is 123 Å². The van der Waals surface area contributed by atoms with E-state index in [1.807, 2.05) is 12.1 Å². The molecular weight excluding hydrogens is 701 g/mol. The summed E-state index contributed by atoms with van der Waals surface area (Å²) in [5.74, 6) is -0.407. The predicted octanol–water partition coefficient (Wildman–Crippen LogP) is 9.21. The van der Waals surface area contributed by atoms with Crippen molar-refractivity contribution in [3.63, 3.8) is 0 Å². The summed E-state index contributed by atoms with van der Waals surface area (Å²) in [7, 11) is -10.6. The van der Waals surface area contributed by atoms with Gasteiger partial charge < -0.3 is 41.5 Å². The van der Waals surface area contributed by atoms with Crippen molar-refractivity contribution in [1.29, 1.82) is 0 Å². The van der Waals surface area contributed by atoms with Crippen LogP contribution in [0.15, 0.2) is 12.1 Å². The van der Waals surface area contributed by atoms with Gasteiger partial charge in [0.1, 0.15) is 35.9 Å². The zero-order valence-corrected chi connectivity index (χ0v) is 38.4. The van der Waals surface area contributed by atoms with Crippen LogP contribution in [0.3, 0.4) is 0 Å². The summed E-state index contributed by atoms with van der Waals surface area (Å²) >= 11 is 0. The minimum atomic E-state index is -3.08. The maximum absolute atomic E-state index is 12.2. The molecule has 1 aromatic rings. The van der Waals surface area contributed by atoms with E-state index in [9.17, 15) is 10.2 Å². The standard InChI is InChI=1S/C37H70O9Si4/c1-23(2)49(24(3)4)41-22-30-33(45-50(46-49,25(5)6)26(7)8)32(38)34(39)37(42-30)31-27(21-40-37)19-28(43-47(15,16)35(9,10)11)20-29(31)44-48(17,18)36(12,13)14/h19-20,23-26,30,32-34,38-39H,21-22H2,1-18H3/t30-,32+,33-,34-,37+/m1/s1. The molecule has 5 atom stereocenters. The van der Waals surface area contributed by atoms with Gasteiger partial charge >= 0.3 is 17.1 Å². The number of hydrogen-bond acceptors (Lipinski definition) is 9. The molecule has 0 unspecified atom stereocenters. The molecule has 288 valence electrons. The first-order chi connectivity index (χ1) is 22.6. The van der Waals surface area contributed by atoms with Crippen LogP contribution in [0.5, 0.6) is 11.5 Å². The average Bonchev–Trinajstić information content (AvgIpc) is 3.30. The number of aliphatic hydroxyl groups is 2. The van der Waals surface area contributed by atoms with Gasteiger partial charge in [-0.05, 0) is 70.1 Å². The van der Waals surface area contributed by atoms with Crippen LogP contribution in [0.25, 0.3) is 0 Å². The van der Waals surface area contributed by atoms with E-state index in [-0.39, 0.29) is 45.5 Å². The molecule has 0 bridgehead atoms. The van der Waals surface area contributed by atoms with Gasteiger partial charge in [0.25, 0.3) is 0 Å². The topological polar surface area (TPSA) is 105 Å².